The first-order valence-electron chi connectivity index (χ1n) is 10.8. The lowest BCUT2D eigenvalue weighted by Crippen LogP contribution is -2.46. The van der Waals surface area contributed by atoms with Crippen molar-refractivity contribution in [1.82, 2.24) is 14.8 Å². The molecule has 1 fully saturated rings. The topological polar surface area (TPSA) is 52.8 Å². The Kier molecular flexibility index (Phi) is 6.37. The van der Waals surface area contributed by atoms with Crippen LogP contribution in [0.2, 0.25) is 0 Å². The van der Waals surface area contributed by atoms with Crippen LogP contribution in [0.15, 0.2) is 59.2 Å². The molecule has 6 heteroatoms. The van der Waals surface area contributed by atoms with Gasteiger partial charge in [0.05, 0.1) is 6.54 Å². The van der Waals surface area contributed by atoms with Crippen molar-refractivity contribution in [1.29, 1.82) is 0 Å². The van der Waals surface area contributed by atoms with Gasteiger partial charge in [0.1, 0.15) is 6.26 Å². The van der Waals surface area contributed by atoms with Gasteiger partial charge >= 0.3 is 0 Å². The van der Waals surface area contributed by atoms with Crippen molar-refractivity contribution >= 4 is 11.6 Å². The molecule has 1 saturated heterocycles. The van der Waals surface area contributed by atoms with Crippen LogP contribution in [-0.4, -0.2) is 53.9 Å². The van der Waals surface area contributed by atoms with Crippen LogP contribution in [-0.2, 0) is 13.1 Å². The molecule has 6 nitrogen and oxygen atoms in total. The van der Waals surface area contributed by atoms with Crippen LogP contribution in [0.5, 0.6) is 0 Å². The molecule has 2 heterocycles. The Balaban J connectivity index is 1.31. The Morgan fingerprint density at radius 2 is 1.77 bits per heavy atom. The van der Waals surface area contributed by atoms with Gasteiger partial charge in [0.15, 0.2) is 5.69 Å². The highest BCUT2D eigenvalue weighted by Gasteiger charge is 2.22. The van der Waals surface area contributed by atoms with Gasteiger partial charge in [-0.3, -0.25) is 9.69 Å². The average Bonchev–Trinajstić information content (AvgIpc) is 3.25. The van der Waals surface area contributed by atoms with Crippen LogP contribution in [0.25, 0.3) is 0 Å². The second-order valence-corrected chi connectivity index (χ2v) is 8.26. The molecular formula is C25H30N4O2. The molecule has 4 rings (SSSR count). The van der Waals surface area contributed by atoms with E-state index in [1.165, 1.54) is 23.1 Å². The highest BCUT2D eigenvalue weighted by molar-refractivity contribution is 5.91. The van der Waals surface area contributed by atoms with Crippen molar-refractivity contribution in [2.45, 2.75) is 26.9 Å². The van der Waals surface area contributed by atoms with Crippen LogP contribution in [0, 0.1) is 13.8 Å². The fraction of sp³-hybridized carbons (Fsp3) is 0.360. The van der Waals surface area contributed by atoms with Gasteiger partial charge in [0.2, 0.25) is 5.89 Å². The second-order valence-electron chi connectivity index (χ2n) is 8.26. The Bertz CT molecular complexity index is 1020. The summed E-state index contributed by atoms with van der Waals surface area (Å²) in [6.07, 6.45) is 1.48. The van der Waals surface area contributed by atoms with Gasteiger partial charge in [-0.05, 0) is 36.6 Å². The molecule has 162 valence electrons. The fourth-order valence-corrected chi connectivity index (χ4v) is 4.02. The van der Waals surface area contributed by atoms with Gasteiger partial charge in [-0.25, -0.2) is 4.98 Å². The number of hydrogen-bond acceptors (Lipinski definition) is 5. The standard InChI is InChI=1S/C25H30N4O2/c1-19-8-7-11-23(20(19)2)29-14-12-28(13-15-29)17-24-26-22(18-31-24)25(30)27(3)16-21-9-5-4-6-10-21/h4-11,18H,12-17H2,1-3H3. The van der Waals surface area contributed by atoms with E-state index in [0.29, 0.717) is 24.7 Å². The number of oxazole rings is 1. The highest BCUT2D eigenvalue weighted by atomic mass is 16.3. The van der Waals surface area contributed by atoms with E-state index < -0.39 is 0 Å². The summed E-state index contributed by atoms with van der Waals surface area (Å²) in [5, 5.41) is 0. The number of aryl methyl sites for hydroxylation is 1. The lowest BCUT2D eigenvalue weighted by molar-refractivity contribution is 0.0779. The summed E-state index contributed by atoms with van der Waals surface area (Å²) in [7, 11) is 1.79. The molecule has 1 aliphatic heterocycles. The first-order valence-corrected chi connectivity index (χ1v) is 10.8. The zero-order chi connectivity index (χ0) is 21.8. The normalized spacial score (nSPS) is 14.6. The number of anilines is 1. The molecule has 0 bridgehead atoms. The molecule has 0 aliphatic carbocycles. The average molecular weight is 419 g/mol. The van der Waals surface area contributed by atoms with E-state index in [1.807, 2.05) is 30.3 Å². The van der Waals surface area contributed by atoms with Gasteiger partial charge < -0.3 is 14.2 Å². The number of piperazine rings is 1. The fourth-order valence-electron chi connectivity index (χ4n) is 4.02. The molecule has 0 spiro atoms. The van der Waals surface area contributed by atoms with Crippen LogP contribution in [0.1, 0.15) is 33.1 Å². The summed E-state index contributed by atoms with van der Waals surface area (Å²) in [6.45, 7) is 9.33. The molecule has 0 radical (unpaired) electrons. The lowest BCUT2D eigenvalue weighted by atomic mass is 10.1. The SMILES string of the molecule is Cc1cccc(N2CCN(Cc3nc(C(=O)N(C)Cc4ccccc4)co3)CC2)c1C. The maximum absolute atomic E-state index is 12.7. The summed E-state index contributed by atoms with van der Waals surface area (Å²) in [5.74, 6) is 0.468. The van der Waals surface area contributed by atoms with Crippen molar-refractivity contribution in [3.8, 4) is 0 Å². The third kappa shape index (κ3) is 4.97. The second kappa shape index (κ2) is 9.35. The number of nitrogens with zero attached hydrogens (tertiary/aromatic N) is 4. The molecular weight excluding hydrogens is 388 g/mol. The molecule has 2 aromatic carbocycles. The van der Waals surface area contributed by atoms with Crippen LogP contribution >= 0.6 is 0 Å². The maximum atomic E-state index is 12.7. The quantitative estimate of drug-likeness (QED) is 0.608. The summed E-state index contributed by atoms with van der Waals surface area (Å²) >= 11 is 0. The van der Waals surface area contributed by atoms with Crippen LogP contribution in [0.3, 0.4) is 0 Å². The van der Waals surface area contributed by atoms with E-state index in [-0.39, 0.29) is 5.91 Å². The van der Waals surface area contributed by atoms with Gasteiger partial charge in [-0.1, -0.05) is 42.5 Å². The number of carbonyl (C=O) groups excluding carboxylic acids is 1. The molecule has 1 aromatic heterocycles. The Morgan fingerprint density at radius 1 is 1.03 bits per heavy atom. The Hall–Kier alpha value is -3.12. The summed E-state index contributed by atoms with van der Waals surface area (Å²) in [6, 6.07) is 16.4. The maximum Gasteiger partial charge on any atom is 0.275 e. The molecule has 3 aromatic rings. The van der Waals surface area contributed by atoms with Crippen molar-refractivity contribution in [3.63, 3.8) is 0 Å². The van der Waals surface area contributed by atoms with Crippen molar-refractivity contribution in [3.05, 3.63) is 83.1 Å². The predicted molar refractivity (Wildman–Crippen MR) is 122 cm³/mol. The van der Waals surface area contributed by atoms with Crippen LogP contribution in [0.4, 0.5) is 5.69 Å². The van der Waals surface area contributed by atoms with Crippen molar-refractivity contribution in [2.75, 3.05) is 38.1 Å². The van der Waals surface area contributed by atoms with E-state index in [4.69, 9.17) is 4.42 Å². The van der Waals surface area contributed by atoms with Crippen molar-refractivity contribution < 1.29 is 9.21 Å². The third-order valence-corrected chi connectivity index (χ3v) is 6.03. The summed E-state index contributed by atoms with van der Waals surface area (Å²) < 4.78 is 5.62. The number of carbonyl (C=O) groups is 1. The molecule has 0 saturated carbocycles. The first kappa shape index (κ1) is 21.1. The number of amides is 1. The Morgan fingerprint density at radius 3 is 2.52 bits per heavy atom. The molecule has 31 heavy (non-hydrogen) atoms. The minimum Gasteiger partial charge on any atom is -0.447 e. The largest absolute Gasteiger partial charge is 0.447 e. The van der Waals surface area contributed by atoms with E-state index in [1.54, 1.807) is 11.9 Å². The monoisotopic (exact) mass is 418 g/mol. The zero-order valence-electron chi connectivity index (χ0n) is 18.5. The van der Waals surface area contributed by atoms with Crippen molar-refractivity contribution in [2.24, 2.45) is 0 Å². The number of benzene rings is 2. The van der Waals surface area contributed by atoms with Gasteiger partial charge in [0.25, 0.3) is 5.91 Å². The highest BCUT2D eigenvalue weighted by Crippen LogP contribution is 2.24. The van der Waals surface area contributed by atoms with Gasteiger partial charge in [-0.2, -0.15) is 0 Å². The zero-order valence-corrected chi connectivity index (χ0v) is 18.5. The molecule has 1 amide bonds. The number of rotatable bonds is 6. The molecule has 0 unspecified atom stereocenters. The number of aromatic nitrogens is 1. The van der Waals surface area contributed by atoms with E-state index in [9.17, 15) is 4.79 Å². The van der Waals surface area contributed by atoms with E-state index in [2.05, 4.69) is 46.8 Å². The predicted octanol–water partition coefficient (Wildman–Crippen LogP) is 3.89. The smallest absolute Gasteiger partial charge is 0.275 e. The van der Waals surface area contributed by atoms with Crippen LogP contribution < -0.4 is 4.90 Å². The molecule has 0 N–H and O–H groups in total. The Labute approximate surface area is 184 Å². The lowest BCUT2D eigenvalue weighted by Gasteiger charge is -2.36. The number of hydrogen-bond donors (Lipinski definition) is 0. The van der Waals surface area contributed by atoms with E-state index in [0.717, 1.165) is 31.7 Å². The minimum atomic E-state index is -0.126. The van der Waals surface area contributed by atoms with E-state index >= 15 is 0 Å². The minimum absolute atomic E-state index is 0.126. The summed E-state index contributed by atoms with van der Waals surface area (Å²) in [5.41, 5.74) is 5.46. The first-order chi connectivity index (χ1) is 15.0. The van der Waals surface area contributed by atoms with Gasteiger partial charge in [0, 0.05) is 45.5 Å². The third-order valence-electron chi connectivity index (χ3n) is 6.03. The molecule has 0 atom stereocenters. The molecule has 1 aliphatic rings. The van der Waals surface area contributed by atoms with Gasteiger partial charge in [-0.15, -0.1) is 0 Å². The summed E-state index contributed by atoms with van der Waals surface area (Å²) in [4.78, 5) is 23.6.